The van der Waals surface area contributed by atoms with Gasteiger partial charge in [-0.3, -0.25) is 0 Å². The van der Waals surface area contributed by atoms with Gasteiger partial charge in [0.1, 0.15) is 5.75 Å². The van der Waals surface area contributed by atoms with Crippen LogP contribution in [0.4, 0.5) is 5.69 Å². The van der Waals surface area contributed by atoms with Gasteiger partial charge in [0.2, 0.25) is 0 Å². The Hall–Kier alpha value is -1.74. The molecular formula is C15H17ClN2O. The van der Waals surface area contributed by atoms with E-state index in [2.05, 4.69) is 17.2 Å². The number of nitrogens with zero attached hydrogens (tertiary/aromatic N) is 1. The van der Waals surface area contributed by atoms with Crippen molar-refractivity contribution in [1.29, 1.82) is 0 Å². The quantitative estimate of drug-likeness (QED) is 0.849. The minimum absolute atomic E-state index is 0.145. The molecule has 0 saturated heterocycles. The number of hydrogen-bond acceptors (Lipinski definition) is 3. The van der Waals surface area contributed by atoms with E-state index in [1.165, 1.54) is 5.56 Å². The van der Waals surface area contributed by atoms with E-state index < -0.39 is 0 Å². The Balaban J connectivity index is 2.18. The van der Waals surface area contributed by atoms with Crippen LogP contribution < -0.4 is 10.1 Å². The Morgan fingerprint density at radius 3 is 2.47 bits per heavy atom. The van der Waals surface area contributed by atoms with Gasteiger partial charge in [-0.1, -0.05) is 23.7 Å². The topological polar surface area (TPSA) is 34.1 Å². The third-order valence-corrected chi connectivity index (χ3v) is 3.38. The summed E-state index contributed by atoms with van der Waals surface area (Å²) in [5, 5.41) is 3.90. The highest BCUT2D eigenvalue weighted by atomic mass is 35.5. The van der Waals surface area contributed by atoms with Gasteiger partial charge in [-0.05, 0) is 43.2 Å². The normalized spacial score (nSPS) is 12.0. The van der Waals surface area contributed by atoms with Crippen molar-refractivity contribution < 1.29 is 4.74 Å². The summed E-state index contributed by atoms with van der Waals surface area (Å²) in [7, 11) is 1.66. The fourth-order valence-corrected chi connectivity index (χ4v) is 2.15. The molecule has 1 N–H and O–H groups in total. The summed E-state index contributed by atoms with van der Waals surface area (Å²) in [4.78, 5) is 4.10. The van der Waals surface area contributed by atoms with Gasteiger partial charge in [0.25, 0.3) is 0 Å². The molecule has 4 heteroatoms. The Morgan fingerprint density at radius 1 is 1.21 bits per heavy atom. The molecular weight excluding hydrogens is 260 g/mol. The van der Waals surface area contributed by atoms with E-state index in [0.717, 1.165) is 17.0 Å². The molecule has 0 saturated carbocycles. The monoisotopic (exact) mass is 276 g/mol. The van der Waals surface area contributed by atoms with E-state index in [4.69, 9.17) is 16.3 Å². The van der Waals surface area contributed by atoms with E-state index in [1.807, 2.05) is 37.3 Å². The van der Waals surface area contributed by atoms with E-state index in [1.54, 1.807) is 13.3 Å². The SMILES string of the molecule is COc1ccc(C(C)Nc2c(C)ccnc2Cl)cc1. The average Bonchev–Trinajstić information content (AvgIpc) is 2.43. The lowest BCUT2D eigenvalue weighted by Gasteiger charge is -2.18. The van der Waals surface area contributed by atoms with Crippen molar-refractivity contribution in [3.05, 3.63) is 52.8 Å². The molecule has 1 heterocycles. The van der Waals surface area contributed by atoms with Crippen molar-refractivity contribution in [2.75, 3.05) is 12.4 Å². The number of methoxy groups -OCH3 is 1. The summed E-state index contributed by atoms with van der Waals surface area (Å²) in [6, 6.07) is 10.1. The number of halogens is 1. The largest absolute Gasteiger partial charge is 0.497 e. The van der Waals surface area contributed by atoms with Gasteiger partial charge in [0.15, 0.2) is 5.15 Å². The highest BCUT2D eigenvalue weighted by molar-refractivity contribution is 6.32. The van der Waals surface area contributed by atoms with Crippen LogP contribution in [0.1, 0.15) is 24.1 Å². The lowest BCUT2D eigenvalue weighted by molar-refractivity contribution is 0.414. The molecule has 2 aromatic rings. The molecule has 1 atom stereocenters. The van der Waals surface area contributed by atoms with Crippen LogP contribution in [0, 0.1) is 6.92 Å². The molecule has 1 aromatic carbocycles. The van der Waals surface area contributed by atoms with E-state index in [-0.39, 0.29) is 6.04 Å². The third-order valence-electron chi connectivity index (χ3n) is 3.09. The molecule has 0 aliphatic rings. The molecule has 0 amide bonds. The molecule has 0 fully saturated rings. The molecule has 0 spiro atoms. The number of pyridine rings is 1. The third kappa shape index (κ3) is 3.18. The number of benzene rings is 1. The number of aryl methyl sites for hydroxylation is 1. The van der Waals surface area contributed by atoms with Crippen molar-refractivity contribution >= 4 is 17.3 Å². The molecule has 1 unspecified atom stereocenters. The summed E-state index contributed by atoms with van der Waals surface area (Å²) in [6.45, 7) is 4.10. The van der Waals surface area contributed by atoms with Gasteiger partial charge < -0.3 is 10.1 Å². The zero-order chi connectivity index (χ0) is 13.8. The maximum Gasteiger partial charge on any atom is 0.152 e. The van der Waals surface area contributed by atoms with Crippen molar-refractivity contribution in [3.8, 4) is 5.75 Å². The Bertz CT molecular complexity index is 534. The molecule has 0 bridgehead atoms. The minimum Gasteiger partial charge on any atom is -0.497 e. The first-order valence-corrected chi connectivity index (χ1v) is 6.51. The minimum atomic E-state index is 0.145. The number of aromatic nitrogens is 1. The summed E-state index contributed by atoms with van der Waals surface area (Å²) in [6.07, 6.45) is 1.71. The highest BCUT2D eigenvalue weighted by Gasteiger charge is 2.10. The number of nitrogens with one attached hydrogen (secondary N) is 1. The van der Waals surface area contributed by atoms with Crippen LogP contribution in [0.3, 0.4) is 0 Å². The number of ether oxygens (including phenoxy) is 1. The van der Waals surface area contributed by atoms with Gasteiger partial charge in [-0.25, -0.2) is 4.98 Å². The molecule has 2 rings (SSSR count). The van der Waals surface area contributed by atoms with Crippen LogP contribution in [0.2, 0.25) is 5.15 Å². The van der Waals surface area contributed by atoms with Crippen LogP contribution in [0.25, 0.3) is 0 Å². The lowest BCUT2D eigenvalue weighted by atomic mass is 10.1. The molecule has 19 heavy (non-hydrogen) atoms. The van der Waals surface area contributed by atoms with Gasteiger partial charge in [-0.2, -0.15) is 0 Å². The van der Waals surface area contributed by atoms with Gasteiger partial charge in [0.05, 0.1) is 12.8 Å². The summed E-state index contributed by atoms with van der Waals surface area (Å²) in [5.74, 6) is 0.853. The van der Waals surface area contributed by atoms with Crippen molar-refractivity contribution in [2.45, 2.75) is 19.9 Å². The molecule has 0 aliphatic heterocycles. The molecule has 100 valence electrons. The summed E-state index contributed by atoms with van der Waals surface area (Å²) < 4.78 is 5.15. The second-order valence-electron chi connectivity index (χ2n) is 4.43. The summed E-state index contributed by atoms with van der Waals surface area (Å²) in [5.41, 5.74) is 3.13. The number of rotatable bonds is 4. The van der Waals surface area contributed by atoms with Gasteiger partial charge in [0, 0.05) is 12.2 Å². The highest BCUT2D eigenvalue weighted by Crippen LogP contribution is 2.28. The predicted molar refractivity (Wildman–Crippen MR) is 79.0 cm³/mol. The van der Waals surface area contributed by atoms with Crippen LogP contribution in [0.15, 0.2) is 36.5 Å². The molecule has 0 aliphatic carbocycles. The lowest BCUT2D eigenvalue weighted by Crippen LogP contribution is -2.08. The zero-order valence-corrected chi connectivity index (χ0v) is 12.0. The van der Waals surface area contributed by atoms with Gasteiger partial charge >= 0.3 is 0 Å². The Morgan fingerprint density at radius 2 is 1.89 bits per heavy atom. The number of anilines is 1. The Labute approximate surface area is 118 Å². The van der Waals surface area contributed by atoms with Gasteiger partial charge in [-0.15, -0.1) is 0 Å². The molecule has 3 nitrogen and oxygen atoms in total. The fourth-order valence-electron chi connectivity index (χ4n) is 1.89. The molecule has 0 radical (unpaired) electrons. The standard InChI is InChI=1S/C15H17ClN2O/c1-10-8-9-17-15(16)14(10)18-11(2)12-4-6-13(19-3)7-5-12/h4-9,11,18H,1-3H3. The smallest absolute Gasteiger partial charge is 0.152 e. The maximum absolute atomic E-state index is 6.12. The van der Waals surface area contributed by atoms with Crippen molar-refractivity contribution in [3.63, 3.8) is 0 Å². The first-order chi connectivity index (χ1) is 9.11. The van der Waals surface area contributed by atoms with Crippen LogP contribution in [-0.2, 0) is 0 Å². The zero-order valence-electron chi connectivity index (χ0n) is 11.3. The Kier molecular flexibility index (Phi) is 4.27. The predicted octanol–water partition coefficient (Wildman–Crippen LogP) is 4.23. The number of hydrogen-bond donors (Lipinski definition) is 1. The first-order valence-electron chi connectivity index (χ1n) is 6.13. The first kappa shape index (κ1) is 13.7. The van der Waals surface area contributed by atoms with Crippen molar-refractivity contribution in [2.24, 2.45) is 0 Å². The van der Waals surface area contributed by atoms with E-state index in [0.29, 0.717) is 5.15 Å². The van der Waals surface area contributed by atoms with E-state index >= 15 is 0 Å². The average molecular weight is 277 g/mol. The second-order valence-corrected chi connectivity index (χ2v) is 4.79. The maximum atomic E-state index is 6.12. The fraction of sp³-hybridized carbons (Fsp3) is 0.267. The molecule has 1 aromatic heterocycles. The van der Waals surface area contributed by atoms with E-state index in [9.17, 15) is 0 Å². The van der Waals surface area contributed by atoms with Crippen LogP contribution in [-0.4, -0.2) is 12.1 Å². The summed E-state index contributed by atoms with van der Waals surface area (Å²) >= 11 is 6.12. The second kappa shape index (κ2) is 5.93. The van der Waals surface area contributed by atoms with Crippen molar-refractivity contribution in [1.82, 2.24) is 4.98 Å². The van der Waals surface area contributed by atoms with Crippen LogP contribution >= 0.6 is 11.6 Å². The van der Waals surface area contributed by atoms with Crippen LogP contribution in [0.5, 0.6) is 5.75 Å².